The molecule has 1 amide bonds. The summed E-state index contributed by atoms with van der Waals surface area (Å²) in [6.45, 7) is 1.35. The van der Waals surface area contributed by atoms with Crippen molar-refractivity contribution < 1.29 is 13.9 Å². The molecule has 0 saturated carbocycles. The maximum Gasteiger partial charge on any atom is 0.229 e. The quantitative estimate of drug-likeness (QED) is 0.690. The van der Waals surface area contributed by atoms with Gasteiger partial charge in [-0.1, -0.05) is 12.1 Å². The first-order chi connectivity index (χ1) is 14.6. The summed E-state index contributed by atoms with van der Waals surface area (Å²) in [5.74, 6) is 0.875. The second kappa shape index (κ2) is 8.90. The number of benzene rings is 2. The van der Waals surface area contributed by atoms with E-state index in [0.29, 0.717) is 12.5 Å². The van der Waals surface area contributed by atoms with Crippen LogP contribution < -0.4 is 15.0 Å². The number of nitrogens with one attached hydrogen (secondary N) is 1. The van der Waals surface area contributed by atoms with Gasteiger partial charge in [-0.15, -0.1) is 0 Å². The Morgan fingerprint density at radius 3 is 2.60 bits per heavy atom. The lowest BCUT2D eigenvalue weighted by Gasteiger charge is -2.32. The zero-order valence-electron chi connectivity index (χ0n) is 16.7. The molecular formula is C23H23FN4O2. The van der Waals surface area contributed by atoms with Crippen molar-refractivity contribution in [1.29, 1.82) is 0 Å². The van der Waals surface area contributed by atoms with Gasteiger partial charge in [-0.3, -0.25) is 4.79 Å². The van der Waals surface area contributed by atoms with Gasteiger partial charge < -0.3 is 15.0 Å². The summed E-state index contributed by atoms with van der Waals surface area (Å²) in [7, 11) is 1.61. The molecule has 1 aromatic heterocycles. The molecule has 154 valence electrons. The van der Waals surface area contributed by atoms with Gasteiger partial charge in [0.2, 0.25) is 11.9 Å². The van der Waals surface area contributed by atoms with E-state index in [9.17, 15) is 9.18 Å². The Balaban J connectivity index is 1.41. The lowest BCUT2D eigenvalue weighted by Crippen LogP contribution is -2.41. The third-order valence-corrected chi connectivity index (χ3v) is 5.23. The van der Waals surface area contributed by atoms with Gasteiger partial charge in [0.05, 0.1) is 13.0 Å². The Morgan fingerprint density at radius 2 is 1.90 bits per heavy atom. The largest absolute Gasteiger partial charge is 0.497 e. The first-order valence-electron chi connectivity index (χ1n) is 9.90. The monoisotopic (exact) mass is 406 g/mol. The highest BCUT2D eigenvalue weighted by atomic mass is 19.1. The summed E-state index contributed by atoms with van der Waals surface area (Å²) in [6, 6.07) is 13.6. The van der Waals surface area contributed by atoms with E-state index in [1.807, 2.05) is 35.2 Å². The molecule has 1 saturated heterocycles. The van der Waals surface area contributed by atoms with Crippen LogP contribution in [0.2, 0.25) is 0 Å². The van der Waals surface area contributed by atoms with E-state index in [1.165, 1.54) is 12.1 Å². The molecule has 0 spiro atoms. The van der Waals surface area contributed by atoms with E-state index in [4.69, 9.17) is 4.74 Å². The molecule has 2 aromatic carbocycles. The first kappa shape index (κ1) is 19.8. The minimum atomic E-state index is -0.293. The number of aromatic nitrogens is 2. The molecule has 4 rings (SSSR count). The fraction of sp³-hybridized carbons (Fsp3) is 0.261. The maximum atomic E-state index is 13.4. The highest BCUT2D eigenvalue weighted by Crippen LogP contribution is 2.24. The summed E-state index contributed by atoms with van der Waals surface area (Å²) in [6.07, 6.45) is 5.09. The Bertz CT molecular complexity index is 1010. The summed E-state index contributed by atoms with van der Waals surface area (Å²) >= 11 is 0. The van der Waals surface area contributed by atoms with Crippen molar-refractivity contribution in [3.05, 3.63) is 66.7 Å². The van der Waals surface area contributed by atoms with Gasteiger partial charge in [-0.05, 0) is 54.8 Å². The molecule has 1 aliphatic heterocycles. The molecule has 1 atom stereocenters. The fourth-order valence-corrected chi connectivity index (χ4v) is 3.59. The summed E-state index contributed by atoms with van der Waals surface area (Å²) in [5.41, 5.74) is 2.23. The molecule has 1 N–H and O–H groups in total. The molecule has 7 heteroatoms. The highest BCUT2D eigenvalue weighted by molar-refractivity contribution is 5.93. The van der Waals surface area contributed by atoms with Crippen molar-refractivity contribution in [2.75, 3.05) is 30.4 Å². The second-order valence-electron chi connectivity index (χ2n) is 7.29. The van der Waals surface area contributed by atoms with Crippen molar-refractivity contribution >= 4 is 17.5 Å². The second-order valence-corrected chi connectivity index (χ2v) is 7.29. The number of carbonyl (C=O) groups is 1. The van der Waals surface area contributed by atoms with Crippen LogP contribution in [0.4, 0.5) is 16.0 Å². The van der Waals surface area contributed by atoms with Crippen LogP contribution in [-0.4, -0.2) is 36.1 Å². The number of ether oxygens (including phenoxy) is 1. The minimum absolute atomic E-state index is 0.0127. The number of rotatable bonds is 5. The first-order valence-corrected chi connectivity index (χ1v) is 9.90. The van der Waals surface area contributed by atoms with Gasteiger partial charge in [0, 0.05) is 36.7 Å². The molecule has 1 unspecified atom stereocenters. The van der Waals surface area contributed by atoms with Crippen molar-refractivity contribution in [1.82, 2.24) is 9.97 Å². The zero-order chi connectivity index (χ0) is 20.9. The topological polar surface area (TPSA) is 67.3 Å². The number of anilines is 2. The van der Waals surface area contributed by atoms with Gasteiger partial charge >= 0.3 is 0 Å². The molecule has 0 radical (unpaired) electrons. The van der Waals surface area contributed by atoms with E-state index in [1.54, 1.807) is 25.6 Å². The smallest absolute Gasteiger partial charge is 0.229 e. The number of methoxy groups -OCH3 is 1. The lowest BCUT2D eigenvalue weighted by molar-refractivity contribution is -0.120. The van der Waals surface area contributed by atoms with Crippen LogP contribution in [0.1, 0.15) is 12.8 Å². The third kappa shape index (κ3) is 4.56. The van der Waals surface area contributed by atoms with E-state index < -0.39 is 0 Å². The molecule has 0 bridgehead atoms. The molecule has 3 aromatic rings. The van der Waals surface area contributed by atoms with E-state index >= 15 is 0 Å². The number of nitrogens with zero attached hydrogens (tertiary/aromatic N) is 3. The van der Waals surface area contributed by atoms with Gasteiger partial charge in [0.1, 0.15) is 11.6 Å². The highest BCUT2D eigenvalue weighted by Gasteiger charge is 2.27. The Hall–Kier alpha value is -3.48. The van der Waals surface area contributed by atoms with Gasteiger partial charge in [-0.25, -0.2) is 14.4 Å². The lowest BCUT2D eigenvalue weighted by atomic mass is 9.97. The van der Waals surface area contributed by atoms with Gasteiger partial charge in [-0.2, -0.15) is 0 Å². The standard InChI is InChI=1S/C23H23FN4O2/c1-30-21-9-7-20(8-10-21)27-22(29)17-5-3-11-28(15-17)23-25-13-18(14-26-23)16-4-2-6-19(24)12-16/h2,4,6-10,12-14,17H,3,5,11,15H2,1H3,(H,27,29). The predicted molar refractivity (Wildman–Crippen MR) is 114 cm³/mol. The number of piperidine rings is 1. The van der Waals surface area contributed by atoms with Crippen LogP contribution in [0.5, 0.6) is 5.75 Å². The molecule has 30 heavy (non-hydrogen) atoms. The van der Waals surface area contributed by atoms with Crippen LogP contribution >= 0.6 is 0 Å². The van der Waals surface area contributed by atoms with Crippen LogP contribution in [0.15, 0.2) is 60.9 Å². The Kier molecular flexibility index (Phi) is 5.88. The summed E-state index contributed by atoms with van der Waals surface area (Å²) < 4.78 is 18.6. The van der Waals surface area contributed by atoms with Crippen molar-refractivity contribution in [2.45, 2.75) is 12.8 Å². The fourth-order valence-electron chi connectivity index (χ4n) is 3.59. The molecule has 1 fully saturated rings. The van der Waals surface area contributed by atoms with Crippen LogP contribution in [0.3, 0.4) is 0 Å². The zero-order valence-corrected chi connectivity index (χ0v) is 16.7. The predicted octanol–water partition coefficient (Wildman–Crippen LogP) is 4.15. The molecular weight excluding hydrogens is 383 g/mol. The number of hydrogen-bond donors (Lipinski definition) is 1. The van der Waals surface area contributed by atoms with Crippen LogP contribution in [-0.2, 0) is 4.79 Å². The normalized spacial score (nSPS) is 16.2. The van der Waals surface area contributed by atoms with Gasteiger partial charge in [0.15, 0.2) is 0 Å². The molecule has 1 aliphatic rings. The van der Waals surface area contributed by atoms with Crippen LogP contribution in [0, 0.1) is 11.7 Å². The number of halogens is 1. The Morgan fingerprint density at radius 1 is 1.13 bits per heavy atom. The number of hydrogen-bond acceptors (Lipinski definition) is 5. The number of carbonyl (C=O) groups excluding carboxylic acids is 1. The molecule has 2 heterocycles. The summed E-state index contributed by atoms with van der Waals surface area (Å²) in [4.78, 5) is 23.7. The van der Waals surface area contributed by atoms with Crippen molar-refractivity contribution in [3.63, 3.8) is 0 Å². The van der Waals surface area contributed by atoms with Gasteiger partial charge in [0.25, 0.3) is 0 Å². The third-order valence-electron chi connectivity index (χ3n) is 5.23. The minimum Gasteiger partial charge on any atom is -0.497 e. The van der Waals surface area contributed by atoms with Crippen LogP contribution in [0.25, 0.3) is 11.1 Å². The summed E-state index contributed by atoms with van der Waals surface area (Å²) in [5, 5.41) is 2.97. The number of amides is 1. The van der Waals surface area contributed by atoms with E-state index in [0.717, 1.165) is 42.0 Å². The van der Waals surface area contributed by atoms with Crippen molar-refractivity contribution in [2.24, 2.45) is 5.92 Å². The van der Waals surface area contributed by atoms with E-state index in [2.05, 4.69) is 15.3 Å². The SMILES string of the molecule is COc1ccc(NC(=O)C2CCCN(c3ncc(-c4cccc(F)c4)cn3)C2)cc1. The van der Waals surface area contributed by atoms with Crippen molar-refractivity contribution in [3.8, 4) is 16.9 Å². The maximum absolute atomic E-state index is 13.4. The average molecular weight is 406 g/mol. The Labute approximate surface area is 174 Å². The molecule has 0 aliphatic carbocycles. The average Bonchev–Trinajstić information content (AvgIpc) is 2.80. The van der Waals surface area contributed by atoms with E-state index in [-0.39, 0.29) is 17.6 Å². The molecule has 6 nitrogen and oxygen atoms in total.